The van der Waals surface area contributed by atoms with E-state index in [0.29, 0.717) is 0 Å². The molecule has 7 heteroatoms. The van der Waals surface area contributed by atoms with Gasteiger partial charge < -0.3 is 5.71 Å². The molecule has 0 aromatic heterocycles. The van der Waals surface area contributed by atoms with Crippen LogP contribution in [-0.2, 0) is 3.74 Å². The third-order valence-corrected chi connectivity index (χ3v) is 0. The molecule has 0 fully saturated rings. The maximum atomic E-state index is 8.94. The summed E-state index contributed by atoms with van der Waals surface area (Å²) >= 11 is -5.12. The molecule has 0 spiro atoms. The predicted molar refractivity (Wildman–Crippen MR) is 29.1 cm³/mol. The van der Waals surface area contributed by atoms with E-state index in [4.69, 9.17) is 16.0 Å². The van der Waals surface area contributed by atoms with Crippen molar-refractivity contribution >= 4 is 90.0 Å². The standard InChI is InChI=1S/AsH3O4.2Ca.4H/c2-1(3,4)5;;;;;;/h(H3,2,3,4,5);;;;;;/q;2*+2;4*-1. The van der Waals surface area contributed by atoms with Crippen molar-refractivity contribution in [3.8, 4) is 0 Å². The largest absolute Gasteiger partial charge is 2.00 e. The van der Waals surface area contributed by atoms with Crippen LogP contribution in [0.1, 0.15) is 5.71 Å². The Labute approximate surface area is 110 Å². The van der Waals surface area contributed by atoms with Crippen LogP contribution in [0.25, 0.3) is 0 Å². The molecule has 0 bridgehead atoms. The zero-order valence-corrected chi connectivity index (χ0v) is 9.90. The minimum atomic E-state index is -5.12. The number of hydrogen-bond acceptors (Lipinski definition) is 1. The van der Waals surface area contributed by atoms with Crippen molar-refractivity contribution < 1.29 is 21.7 Å². The molecule has 0 atom stereocenters. The summed E-state index contributed by atoms with van der Waals surface area (Å²) in [5.41, 5.74) is 0. The van der Waals surface area contributed by atoms with Gasteiger partial charge in [-0.1, -0.05) is 0 Å². The summed E-state index contributed by atoms with van der Waals surface area (Å²) in [7, 11) is 0. The van der Waals surface area contributed by atoms with Gasteiger partial charge in [-0.3, -0.25) is 0 Å². The molecule has 3 N–H and O–H groups in total. The smallest absolute Gasteiger partial charge is 1.00 e. The fourth-order valence-electron chi connectivity index (χ4n) is 0. The van der Waals surface area contributed by atoms with Gasteiger partial charge in [-0.05, 0) is 0 Å². The Morgan fingerprint density at radius 1 is 1.14 bits per heavy atom. The molecule has 0 aliphatic heterocycles. The van der Waals surface area contributed by atoms with Crippen LogP contribution in [0.5, 0.6) is 0 Å². The van der Waals surface area contributed by atoms with Crippen LogP contribution in [0.3, 0.4) is 0 Å². The predicted octanol–water partition coefficient (Wildman–Crippen LogP) is -2.48. The molecule has 0 aliphatic rings. The van der Waals surface area contributed by atoms with Crippen molar-refractivity contribution in [2.75, 3.05) is 0 Å². The first-order valence-corrected chi connectivity index (χ1v) is 4.07. The quantitative estimate of drug-likeness (QED) is 0.400. The molecule has 0 amide bonds. The van der Waals surface area contributed by atoms with Gasteiger partial charge in [0.1, 0.15) is 0 Å². The average molecular weight is 226 g/mol. The zero-order valence-electron chi connectivity index (χ0n) is 7.61. The maximum absolute atomic E-state index is 8.94. The van der Waals surface area contributed by atoms with Gasteiger partial charge >= 0.3 is 106 Å². The first-order chi connectivity index (χ1) is 2.00. The molecule has 7 heavy (non-hydrogen) atoms. The van der Waals surface area contributed by atoms with E-state index >= 15 is 0 Å². The van der Waals surface area contributed by atoms with Crippen molar-refractivity contribution in [2.45, 2.75) is 0 Å². The Morgan fingerprint density at radius 2 is 1.14 bits per heavy atom. The molecule has 0 aromatic rings. The van der Waals surface area contributed by atoms with E-state index in [9.17, 15) is 0 Å². The van der Waals surface area contributed by atoms with E-state index in [1.165, 1.54) is 0 Å². The minimum absolute atomic E-state index is 0. The molecule has 0 saturated carbocycles. The summed E-state index contributed by atoms with van der Waals surface area (Å²) in [5.74, 6) is 0. The van der Waals surface area contributed by atoms with Gasteiger partial charge in [0, 0.05) is 0 Å². The van der Waals surface area contributed by atoms with Crippen LogP contribution >= 0.6 is 0 Å². The van der Waals surface area contributed by atoms with Gasteiger partial charge in [-0.25, -0.2) is 0 Å². The molecular formula is H7AsCa2O4. The molecular weight excluding hydrogens is 219 g/mol. The van der Waals surface area contributed by atoms with Gasteiger partial charge in [0.15, 0.2) is 0 Å². The van der Waals surface area contributed by atoms with E-state index in [-0.39, 0.29) is 81.2 Å². The van der Waals surface area contributed by atoms with Crippen molar-refractivity contribution in [1.29, 1.82) is 0 Å². The second-order valence-corrected chi connectivity index (χ2v) is 2.67. The van der Waals surface area contributed by atoms with Crippen LogP contribution in [0.15, 0.2) is 0 Å². The molecule has 0 radical (unpaired) electrons. The normalized spacial score (nSPS) is 8.43. The van der Waals surface area contributed by atoms with Crippen molar-refractivity contribution in [3.63, 3.8) is 0 Å². The van der Waals surface area contributed by atoms with Gasteiger partial charge in [0.2, 0.25) is 0 Å². The SMILES string of the molecule is O=[As](O)(O)O.[Ca+2].[Ca+2].[H-].[H-].[H-].[H-]. The Hall–Kier alpha value is 2.76. The number of hydrogen-bond donors (Lipinski definition) is 3. The molecule has 0 saturated heterocycles. The van der Waals surface area contributed by atoms with E-state index in [1.54, 1.807) is 0 Å². The fourth-order valence-corrected chi connectivity index (χ4v) is 0. The van der Waals surface area contributed by atoms with Crippen molar-refractivity contribution in [1.82, 2.24) is 0 Å². The third-order valence-electron chi connectivity index (χ3n) is 0. The van der Waals surface area contributed by atoms with E-state index in [0.717, 1.165) is 0 Å². The summed E-state index contributed by atoms with van der Waals surface area (Å²) in [4.78, 5) is 0. The topological polar surface area (TPSA) is 77.8 Å². The third kappa shape index (κ3) is 52.6. The van der Waals surface area contributed by atoms with E-state index in [1.807, 2.05) is 0 Å². The van der Waals surface area contributed by atoms with Crippen LogP contribution in [0.2, 0.25) is 0 Å². The Balaban J connectivity index is -0.00000000533. The first kappa shape index (κ1) is 16.4. The van der Waals surface area contributed by atoms with Gasteiger partial charge in [-0.2, -0.15) is 0 Å². The molecule has 0 rings (SSSR count). The Bertz CT molecular complexity index is 66.2. The van der Waals surface area contributed by atoms with E-state index in [2.05, 4.69) is 0 Å². The van der Waals surface area contributed by atoms with Gasteiger partial charge in [0.25, 0.3) is 0 Å². The summed E-state index contributed by atoms with van der Waals surface area (Å²) in [5, 5.41) is 0. The molecule has 0 heterocycles. The maximum Gasteiger partial charge on any atom is 2.00 e. The van der Waals surface area contributed by atoms with Gasteiger partial charge in [-0.15, -0.1) is 0 Å². The van der Waals surface area contributed by atoms with Crippen LogP contribution in [0, 0.1) is 0 Å². The fraction of sp³-hybridized carbons (Fsp3) is 0. The number of rotatable bonds is 0. The monoisotopic (exact) mass is 226 g/mol. The van der Waals surface area contributed by atoms with Crippen LogP contribution in [0.4, 0.5) is 0 Å². The molecule has 0 aromatic carbocycles. The Morgan fingerprint density at radius 3 is 1.14 bits per heavy atom. The second kappa shape index (κ2) is 6.87. The summed E-state index contributed by atoms with van der Waals surface area (Å²) in [6.07, 6.45) is 0. The van der Waals surface area contributed by atoms with Crippen LogP contribution < -0.4 is 0 Å². The second-order valence-electron chi connectivity index (χ2n) is 0.513. The van der Waals surface area contributed by atoms with Gasteiger partial charge in [0.05, 0.1) is 0 Å². The minimum Gasteiger partial charge on any atom is -1.00 e. The van der Waals surface area contributed by atoms with Crippen LogP contribution in [-0.4, -0.2) is 102 Å². The van der Waals surface area contributed by atoms with Crippen molar-refractivity contribution in [3.05, 3.63) is 0 Å². The molecule has 40 valence electrons. The first-order valence-electron chi connectivity index (χ1n) is 0.783. The summed E-state index contributed by atoms with van der Waals surface area (Å²) in [6, 6.07) is 0. The van der Waals surface area contributed by atoms with E-state index < -0.39 is 14.5 Å². The zero-order chi connectivity index (χ0) is 4.50. The molecule has 0 aliphatic carbocycles. The molecule has 0 unspecified atom stereocenters. The van der Waals surface area contributed by atoms with Crippen molar-refractivity contribution in [2.24, 2.45) is 0 Å². The average Bonchev–Trinajstić information content (AvgIpc) is 0.722. The summed E-state index contributed by atoms with van der Waals surface area (Å²) in [6.45, 7) is 0. The Kier molecular flexibility index (Phi) is 16.1. The molecule has 4 nitrogen and oxygen atoms in total. The summed E-state index contributed by atoms with van der Waals surface area (Å²) < 4.78 is 30.7.